The van der Waals surface area contributed by atoms with E-state index in [0.717, 1.165) is 35.7 Å². The van der Waals surface area contributed by atoms with E-state index in [0.29, 0.717) is 48.1 Å². The van der Waals surface area contributed by atoms with Gasteiger partial charge in [-0.1, -0.05) is 0 Å². The van der Waals surface area contributed by atoms with Gasteiger partial charge in [0.15, 0.2) is 11.6 Å². The summed E-state index contributed by atoms with van der Waals surface area (Å²) in [4.78, 5) is 7.65. The number of oxazole rings is 1. The number of ether oxygens (including phenoxy) is 2. The molecule has 1 aliphatic carbocycles. The maximum Gasteiger partial charge on any atom is 0.207 e. The summed E-state index contributed by atoms with van der Waals surface area (Å²) in [6.07, 6.45) is 5.15. The van der Waals surface area contributed by atoms with Gasteiger partial charge >= 0.3 is 0 Å². The van der Waals surface area contributed by atoms with Crippen LogP contribution in [0.3, 0.4) is 0 Å². The molecule has 6 nitrogen and oxygen atoms in total. The summed E-state index contributed by atoms with van der Waals surface area (Å²) in [6, 6.07) is 9.12. The molecule has 31 heavy (non-hydrogen) atoms. The zero-order chi connectivity index (χ0) is 20.9. The molecule has 2 aromatic carbocycles. The van der Waals surface area contributed by atoms with Crippen molar-refractivity contribution in [3.63, 3.8) is 0 Å². The molecule has 3 atom stereocenters. The number of aromatic amines is 1. The van der Waals surface area contributed by atoms with Crippen LogP contribution in [0.25, 0.3) is 22.0 Å². The number of nitrogens with zero attached hydrogens (tertiary/aromatic N) is 1. The highest BCUT2D eigenvalue weighted by Gasteiger charge is 2.30. The van der Waals surface area contributed by atoms with E-state index < -0.39 is 0 Å². The van der Waals surface area contributed by atoms with E-state index in [1.54, 1.807) is 6.07 Å². The van der Waals surface area contributed by atoms with Gasteiger partial charge in [-0.15, -0.1) is 0 Å². The van der Waals surface area contributed by atoms with Crippen LogP contribution in [0.1, 0.15) is 36.6 Å². The van der Waals surface area contributed by atoms with Crippen molar-refractivity contribution < 1.29 is 18.3 Å². The lowest BCUT2D eigenvalue weighted by Gasteiger charge is -2.27. The molecule has 2 aromatic heterocycles. The highest BCUT2D eigenvalue weighted by Crippen LogP contribution is 2.40. The Morgan fingerprint density at radius 2 is 2.16 bits per heavy atom. The fourth-order valence-electron chi connectivity index (χ4n) is 4.97. The summed E-state index contributed by atoms with van der Waals surface area (Å²) < 4.78 is 31.6. The number of halogens is 1. The molecular weight excluding hydrogens is 397 g/mol. The molecule has 1 aliphatic heterocycles. The Bertz CT molecular complexity index is 1260. The minimum atomic E-state index is -0.188. The molecule has 0 saturated heterocycles. The lowest BCUT2D eigenvalue weighted by Crippen LogP contribution is -2.41. The summed E-state index contributed by atoms with van der Waals surface area (Å²) in [7, 11) is 0. The highest BCUT2D eigenvalue weighted by molar-refractivity contribution is 5.84. The standard InChI is InChI=1S/C24H24FN3O3/c1-13-28-21-6-7-22-24(23(21)30-13)31-17(12-29-22)10-26-16-4-2-14(8-16)19-11-27-20-5-3-15(25)9-18(19)20/h3,5-7,9,11,14,16-17,26-27H,2,4,8,10,12H2,1H3/t14-,16+,17-/m0/s1. The third-order valence-electron chi connectivity index (χ3n) is 6.47. The van der Waals surface area contributed by atoms with Crippen LogP contribution in [0.4, 0.5) is 4.39 Å². The second-order valence-corrected chi connectivity index (χ2v) is 8.57. The quantitative estimate of drug-likeness (QED) is 0.494. The van der Waals surface area contributed by atoms with E-state index in [-0.39, 0.29) is 11.9 Å². The number of aryl methyl sites for hydroxylation is 1. The number of hydrogen-bond acceptors (Lipinski definition) is 5. The Morgan fingerprint density at radius 1 is 1.23 bits per heavy atom. The lowest BCUT2D eigenvalue weighted by atomic mass is 9.97. The predicted molar refractivity (Wildman–Crippen MR) is 115 cm³/mol. The molecule has 6 rings (SSSR count). The second kappa shape index (κ2) is 7.27. The Hall–Kier alpha value is -3.06. The van der Waals surface area contributed by atoms with Gasteiger partial charge in [0.2, 0.25) is 11.3 Å². The molecule has 160 valence electrons. The fourth-order valence-corrected chi connectivity index (χ4v) is 4.97. The molecule has 2 N–H and O–H groups in total. The van der Waals surface area contributed by atoms with Crippen molar-refractivity contribution in [1.29, 1.82) is 0 Å². The van der Waals surface area contributed by atoms with E-state index in [4.69, 9.17) is 13.9 Å². The number of fused-ring (bicyclic) bond motifs is 4. The first-order chi connectivity index (χ1) is 15.1. The van der Waals surface area contributed by atoms with Gasteiger partial charge in [0.1, 0.15) is 24.0 Å². The van der Waals surface area contributed by atoms with Crippen LogP contribution in [0.15, 0.2) is 40.9 Å². The van der Waals surface area contributed by atoms with Gasteiger partial charge in [-0.05, 0) is 61.1 Å². The summed E-state index contributed by atoms with van der Waals surface area (Å²) in [5, 5.41) is 4.65. The van der Waals surface area contributed by atoms with Crippen LogP contribution < -0.4 is 14.8 Å². The van der Waals surface area contributed by atoms with Crippen molar-refractivity contribution in [2.75, 3.05) is 13.2 Å². The van der Waals surface area contributed by atoms with Crippen molar-refractivity contribution >= 4 is 22.0 Å². The van der Waals surface area contributed by atoms with Crippen LogP contribution in [0.2, 0.25) is 0 Å². The second-order valence-electron chi connectivity index (χ2n) is 8.57. The summed E-state index contributed by atoms with van der Waals surface area (Å²) >= 11 is 0. The van der Waals surface area contributed by atoms with Gasteiger partial charge in [0.25, 0.3) is 0 Å². The number of rotatable bonds is 4. The molecular formula is C24H24FN3O3. The normalized spacial score (nSPS) is 23.1. The summed E-state index contributed by atoms with van der Waals surface area (Å²) in [5.41, 5.74) is 3.63. The number of H-pyrrole nitrogens is 1. The maximum atomic E-state index is 13.7. The molecule has 0 unspecified atom stereocenters. The summed E-state index contributed by atoms with van der Waals surface area (Å²) in [6.45, 7) is 3.02. The van der Waals surface area contributed by atoms with Gasteiger partial charge in [0, 0.05) is 36.6 Å². The number of benzene rings is 2. The van der Waals surface area contributed by atoms with Crippen LogP contribution >= 0.6 is 0 Å². The summed E-state index contributed by atoms with van der Waals surface area (Å²) in [5.74, 6) is 2.19. The van der Waals surface area contributed by atoms with Crippen LogP contribution in [0, 0.1) is 12.7 Å². The number of nitrogens with one attached hydrogen (secondary N) is 2. The number of aromatic nitrogens is 2. The maximum absolute atomic E-state index is 13.7. The van der Waals surface area contributed by atoms with Crippen molar-refractivity contribution in [2.45, 2.75) is 44.2 Å². The Balaban J connectivity index is 1.11. The zero-order valence-electron chi connectivity index (χ0n) is 17.3. The predicted octanol–water partition coefficient (Wildman–Crippen LogP) is 4.82. The molecule has 0 amide bonds. The first-order valence-electron chi connectivity index (χ1n) is 10.8. The molecule has 4 aromatic rings. The molecule has 7 heteroatoms. The molecule has 3 heterocycles. The van der Waals surface area contributed by atoms with E-state index in [1.807, 2.05) is 31.3 Å². The van der Waals surface area contributed by atoms with Crippen molar-refractivity contribution in [3.8, 4) is 11.5 Å². The molecule has 1 saturated carbocycles. The van der Waals surface area contributed by atoms with Crippen molar-refractivity contribution in [1.82, 2.24) is 15.3 Å². The van der Waals surface area contributed by atoms with Crippen LogP contribution in [-0.4, -0.2) is 35.3 Å². The largest absolute Gasteiger partial charge is 0.486 e. The molecule has 2 aliphatic rings. The molecule has 0 spiro atoms. The SMILES string of the molecule is Cc1nc2ccc3c(c2o1)O[C@@H](CN[C@@H]1CC[C@H](c2c[nH]c4ccc(F)cc24)C1)CO3. The topological polar surface area (TPSA) is 72.3 Å². The Kier molecular flexibility index (Phi) is 4.38. The van der Waals surface area contributed by atoms with Gasteiger partial charge in [0.05, 0.1) is 0 Å². The van der Waals surface area contributed by atoms with Crippen LogP contribution in [0.5, 0.6) is 11.5 Å². The zero-order valence-corrected chi connectivity index (χ0v) is 17.3. The molecule has 1 fully saturated rings. The molecule has 0 radical (unpaired) electrons. The smallest absolute Gasteiger partial charge is 0.207 e. The molecule has 0 bridgehead atoms. The first-order valence-corrected chi connectivity index (χ1v) is 10.8. The minimum Gasteiger partial charge on any atom is -0.486 e. The average Bonchev–Trinajstić information content (AvgIpc) is 3.49. The van der Waals surface area contributed by atoms with Crippen LogP contribution in [-0.2, 0) is 0 Å². The third-order valence-corrected chi connectivity index (χ3v) is 6.47. The monoisotopic (exact) mass is 421 g/mol. The van der Waals surface area contributed by atoms with Crippen molar-refractivity contribution in [3.05, 3.63) is 53.8 Å². The van der Waals surface area contributed by atoms with Gasteiger partial charge in [-0.25, -0.2) is 9.37 Å². The average molecular weight is 421 g/mol. The minimum absolute atomic E-state index is 0.0928. The fraction of sp³-hybridized carbons (Fsp3) is 0.375. The van der Waals surface area contributed by atoms with Crippen molar-refractivity contribution in [2.24, 2.45) is 0 Å². The number of hydrogen-bond donors (Lipinski definition) is 2. The van der Waals surface area contributed by atoms with E-state index >= 15 is 0 Å². The van der Waals surface area contributed by atoms with E-state index in [9.17, 15) is 4.39 Å². The van der Waals surface area contributed by atoms with E-state index in [1.165, 1.54) is 11.6 Å². The first kappa shape index (κ1) is 18.7. The highest BCUT2D eigenvalue weighted by atomic mass is 19.1. The Morgan fingerprint density at radius 3 is 3.10 bits per heavy atom. The van der Waals surface area contributed by atoms with Gasteiger partial charge in [-0.3, -0.25) is 0 Å². The van der Waals surface area contributed by atoms with E-state index in [2.05, 4.69) is 15.3 Å². The van der Waals surface area contributed by atoms with Gasteiger partial charge < -0.3 is 24.2 Å². The van der Waals surface area contributed by atoms with Gasteiger partial charge in [-0.2, -0.15) is 0 Å². The lowest BCUT2D eigenvalue weighted by molar-refractivity contribution is 0.0888. The third kappa shape index (κ3) is 3.33. The Labute approximate surface area is 178 Å².